The van der Waals surface area contributed by atoms with Gasteiger partial charge in [-0.3, -0.25) is 24.0 Å². The molecule has 3 aromatic rings. The van der Waals surface area contributed by atoms with Crippen molar-refractivity contribution in [3.8, 4) is 11.5 Å². The molecule has 3 aromatic carbocycles. The van der Waals surface area contributed by atoms with E-state index in [1.54, 1.807) is 18.2 Å². The molecule has 1 saturated heterocycles. The van der Waals surface area contributed by atoms with Gasteiger partial charge in [-0.2, -0.15) is 0 Å². The molecule has 13 nitrogen and oxygen atoms in total. The Morgan fingerprint density at radius 1 is 0.907 bits per heavy atom. The van der Waals surface area contributed by atoms with Crippen molar-refractivity contribution >= 4 is 29.5 Å². The monoisotopic (exact) mass is 745 g/mol. The average Bonchev–Trinajstić information content (AvgIpc) is 3.58. The third-order valence-electron chi connectivity index (χ3n) is 9.48. The van der Waals surface area contributed by atoms with E-state index in [1.807, 2.05) is 50.2 Å². The molecule has 2 aliphatic rings. The summed E-state index contributed by atoms with van der Waals surface area (Å²) in [7, 11) is 2.88. The molecule has 2 bridgehead atoms. The summed E-state index contributed by atoms with van der Waals surface area (Å²) in [6, 6.07) is 17.5. The SMILES string of the molecule is COCCN1CC(=O)N[C@@H](Cc2ccccc2)C(=O)N[C@@H]2CN(C(=O)c3ccc(OC)cc3F)C[C@H]2c2cccc(c2)OCC(=O)N[C@H](CC(C)C)C1=O. The first-order valence-electron chi connectivity index (χ1n) is 18.0. The minimum absolute atomic E-state index is 0.0266. The van der Waals surface area contributed by atoms with Crippen LogP contribution >= 0.6 is 0 Å². The van der Waals surface area contributed by atoms with Crippen molar-refractivity contribution < 1.29 is 42.6 Å². The van der Waals surface area contributed by atoms with Crippen molar-refractivity contribution in [2.45, 2.75) is 50.7 Å². The second-order valence-corrected chi connectivity index (χ2v) is 14.0. The molecule has 1 fully saturated rings. The number of rotatable bonds is 9. The second-order valence-electron chi connectivity index (χ2n) is 14.0. The molecule has 0 saturated carbocycles. The van der Waals surface area contributed by atoms with Gasteiger partial charge in [-0.05, 0) is 47.7 Å². The highest BCUT2D eigenvalue weighted by atomic mass is 19.1. The number of benzene rings is 3. The number of carbonyl (C=O) groups is 5. The molecule has 0 aromatic heterocycles. The number of hydrogen-bond donors (Lipinski definition) is 3. The van der Waals surface area contributed by atoms with Gasteiger partial charge in [0.1, 0.15) is 29.4 Å². The van der Waals surface area contributed by atoms with E-state index in [1.165, 1.54) is 36.2 Å². The van der Waals surface area contributed by atoms with E-state index < -0.39 is 72.5 Å². The zero-order valence-corrected chi connectivity index (χ0v) is 31.0. The lowest BCUT2D eigenvalue weighted by Gasteiger charge is -2.29. The molecule has 0 radical (unpaired) electrons. The van der Waals surface area contributed by atoms with Crippen LogP contribution in [0.15, 0.2) is 72.8 Å². The largest absolute Gasteiger partial charge is 0.497 e. The van der Waals surface area contributed by atoms with Crippen molar-refractivity contribution in [3.05, 3.63) is 95.3 Å². The summed E-state index contributed by atoms with van der Waals surface area (Å²) in [6.45, 7) is 3.42. The van der Waals surface area contributed by atoms with Crippen LogP contribution in [0.2, 0.25) is 0 Å². The summed E-state index contributed by atoms with van der Waals surface area (Å²) in [5.74, 6) is -3.20. The third kappa shape index (κ3) is 10.3. The van der Waals surface area contributed by atoms with Crippen LogP contribution < -0.4 is 25.4 Å². The first-order valence-corrected chi connectivity index (χ1v) is 18.0. The van der Waals surface area contributed by atoms with Gasteiger partial charge in [0.2, 0.25) is 17.7 Å². The number of amides is 5. The van der Waals surface area contributed by atoms with Gasteiger partial charge in [-0.1, -0.05) is 56.3 Å². The van der Waals surface area contributed by atoms with E-state index in [0.717, 1.165) is 11.6 Å². The van der Waals surface area contributed by atoms with Gasteiger partial charge in [0.05, 0.1) is 31.9 Å². The van der Waals surface area contributed by atoms with Crippen molar-refractivity contribution in [2.75, 3.05) is 53.6 Å². The van der Waals surface area contributed by atoms with Crippen LogP contribution in [0.5, 0.6) is 11.5 Å². The van der Waals surface area contributed by atoms with Crippen molar-refractivity contribution in [1.29, 1.82) is 0 Å². The minimum Gasteiger partial charge on any atom is -0.497 e. The van der Waals surface area contributed by atoms with E-state index in [-0.39, 0.29) is 49.9 Å². The number of methoxy groups -OCH3 is 2. The number of carbonyl (C=O) groups excluding carboxylic acids is 5. The van der Waals surface area contributed by atoms with E-state index in [9.17, 15) is 24.0 Å². The molecular weight excluding hydrogens is 697 g/mol. The first kappa shape index (κ1) is 39.7. The molecule has 2 heterocycles. The number of ether oxygens (including phenoxy) is 3. The summed E-state index contributed by atoms with van der Waals surface area (Å²) in [5.41, 5.74) is 1.34. The molecule has 288 valence electrons. The lowest BCUT2D eigenvalue weighted by Crippen LogP contribution is -2.56. The lowest BCUT2D eigenvalue weighted by molar-refractivity contribution is -0.141. The highest BCUT2D eigenvalue weighted by Gasteiger charge is 2.40. The first-order chi connectivity index (χ1) is 25.9. The van der Waals surface area contributed by atoms with Gasteiger partial charge in [0, 0.05) is 45.1 Å². The summed E-state index contributed by atoms with van der Waals surface area (Å²) in [6.07, 6.45) is 0.444. The zero-order valence-electron chi connectivity index (χ0n) is 31.0. The Morgan fingerprint density at radius 3 is 2.37 bits per heavy atom. The lowest BCUT2D eigenvalue weighted by atomic mass is 9.93. The van der Waals surface area contributed by atoms with Crippen molar-refractivity contribution in [3.63, 3.8) is 0 Å². The van der Waals surface area contributed by atoms with Gasteiger partial charge in [0.25, 0.3) is 11.8 Å². The summed E-state index contributed by atoms with van der Waals surface area (Å²) < 4.78 is 31.3. The Hall–Kier alpha value is -5.50. The number of halogens is 1. The molecule has 0 aliphatic carbocycles. The standard InChI is InChI=1S/C40H48FN5O8/c1-25(2)17-34-40(51)45(15-16-52-3)23-36(47)42-33(18-26-9-6-5-7-10-26)38(49)44-35-22-46(39(50)30-14-13-28(53-4)20-32(30)41)21-31(35)27-11-8-12-29(19-27)54-24-37(48)43-34/h5-14,19-20,25,31,33-35H,15-18,21-24H2,1-4H3,(H,42,47)(H,43,48)(H,44,49)/t31-,33-,34+,35+/m0/s1. The molecule has 14 heteroatoms. The predicted molar refractivity (Wildman–Crippen MR) is 197 cm³/mol. The summed E-state index contributed by atoms with van der Waals surface area (Å²) in [4.78, 5) is 71.6. The Bertz CT molecular complexity index is 1810. The van der Waals surface area contributed by atoms with Crippen LogP contribution in [-0.2, 0) is 30.3 Å². The molecule has 2 aliphatic heterocycles. The van der Waals surface area contributed by atoms with Gasteiger partial charge in [0.15, 0.2) is 6.61 Å². The molecular formula is C40H48FN5O8. The minimum atomic E-state index is -1.07. The van der Waals surface area contributed by atoms with Gasteiger partial charge in [-0.15, -0.1) is 0 Å². The number of nitrogens with one attached hydrogen (secondary N) is 3. The van der Waals surface area contributed by atoms with Crippen LogP contribution in [0.1, 0.15) is 47.7 Å². The smallest absolute Gasteiger partial charge is 0.258 e. The van der Waals surface area contributed by atoms with E-state index in [4.69, 9.17) is 14.2 Å². The molecule has 0 spiro atoms. The molecule has 5 amide bonds. The van der Waals surface area contributed by atoms with Crippen LogP contribution in [0, 0.1) is 11.7 Å². The fourth-order valence-corrected chi connectivity index (χ4v) is 6.78. The number of nitrogens with zero attached hydrogens (tertiary/aromatic N) is 2. The molecule has 5 rings (SSSR count). The second kappa shape index (κ2) is 18.5. The molecule has 0 unspecified atom stereocenters. The van der Waals surface area contributed by atoms with Gasteiger partial charge >= 0.3 is 0 Å². The zero-order chi connectivity index (χ0) is 38.8. The maximum absolute atomic E-state index is 15.1. The van der Waals surface area contributed by atoms with Gasteiger partial charge < -0.3 is 40.0 Å². The van der Waals surface area contributed by atoms with Crippen molar-refractivity contribution in [2.24, 2.45) is 5.92 Å². The summed E-state index contributed by atoms with van der Waals surface area (Å²) >= 11 is 0. The predicted octanol–water partition coefficient (Wildman–Crippen LogP) is 2.68. The van der Waals surface area contributed by atoms with Crippen LogP contribution in [0.4, 0.5) is 4.39 Å². The fourth-order valence-electron chi connectivity index (χ4n) is 6.78. The maximum Gasteiger partial charge on any atom is 0.258 e. The number of fused-ring (bicyclic) bond motifs is 4. The Morgan fingerprint density at radius 2 is 1.67 bits per heavy atom. The maximum atomic E-state index is 15.1. The third-order valence-corrected chi connectivity index (χ3v) is 9.48. The summed E-state index contributed by atoms with van der Waals surface area (Å²) in [5, 5.41) is 8.70. The Labute approximate surface area is 314 Å². The van der Waals surface area contributed by atoms with Crippen LogP contribution in [0.3, 0.4) is 0 Å². The Kier molecular flexibility index (Phi) is 13.6. The quantitative estimate of drug-likeness (QED) is 0.302. The number of likely N-dealkylation sites (tertiary alicyclic amines) is 1. The van der Waals surface area contributed by atoms with E-state index in [2.05, 4.69) is 16.0 Å². The topological polar surface area (TPSA) is 156 Å². The highest BCUT2D eigenvalue weighted by Crippen LogP contribution is 2.32. The fraction of sp³-hybridized carbons (Fsp3) is 0.425. The highest BCUT2D eigenvalue weighted by molar-refractivity contribution is 5.95. The number of hydrogen-bond acceptors (Lipinski definition) is 8. The van der Waals surface area contributed by atoms with Crippen LogP contribution in [0.25, 0.3) is 0 Å². The average molecular weight is 746 g/mol. The van der Waals surface area contributed by atoms with Crippen LogP contribution in [-0.4, -0.2) is 111 Å². The normalized spacial score (nSPS) is 21.3. The van der Waals surface area contributed by atoms with Crippen molar-refractivity contribution in [1.82, 2.24) is 25.8 Å². The van der Waals surface area contributed by atoms with Gasteiger partial charge in [-0.25, -0.2) is 4.39 Å². The Balaban J connectivity index is 1.51. The molecule has 4 atom stereocenters. The van der Waals surface area contributed by atoms with E-state index >= 15 is 4.39 Å². The van der Waals surface area contributed by atoms with E-state index in [0.29, 0.717) is 17.7 Å². The molecule has 54 heavy (non-hydrogen) atoms. The molecule has 3 N–H and O–H groups in total.